The summed E-state index contributed by atoms with van der Waals surface area (Å²) >= 11 is 0. The molecule has 102 valence electrons. The third-order valence-electron chi connectivity index (χ3n) is 2.14. The maximum absolute atomic E-state index is 11.9. The van der Waals surface area contributed by atoms with E-state index in [-0.39, 0.29) is 18.2 Å². The van der Waals surface area contributed by atoms with E-state index in [9.17, 15) is 9.59 Å². The van der Waals surface area contributed by atoms with Crippen molar-refractivity contribution in [1.82, 2.24) is 5.32 Å². The van der Waals surface area contributed by atoms with Crippen LogP contribution in [0.15, 0.2) is 0 Å². The number of carbonyl (C=O) groups excluding carboxylic acids is 2. The number of hydrogen-bond acceptors (Lipinski definition) is 3. The molecule has 0 radical (unpaired) electrons. The molecule has 0 saturated carbocycles. The van der Waals surface area contributed by atoms with E-state index in [0.717, 1.165) is 0 Å². The van der Waals surface area contributed by atoms with Crippen molar-refractivity contribution < 1.29 is 14.3 Å². The molecule has 1 N–H and O–H groups in total. The first-order chi connectivity index (χ1) is 8.17. The Morgan fingerprint density at radius 2 is 1.89 bits per heavy atom. The van der Waals surface area contributed by atoms with Crippen molar-refractivity contribution in [3.63, 3.8) is 0 Å². The number of hydrogen-bond donors (Lipinski definition) is 1. The Balaban J connectivity index is 4.54. The number of amides is 1. The quantitative estimate of drug-likeness (QED) is 0.601. The number of terminal acetylenes is 1. The number of esters is 1. The van der Waals surface area contributed by atoms with E-state index in [1.807, 2.05) is 13.8 Å². The summed E-state index contributed by atoms with van der Waals surface area (Å²) in [4.78, 5) is 23.5. The summed E-state index contributed by atoms with van der Waals surface area (Å²) in [6.07, 6.45) is 5.68. The second kappa shape index (κ2) is 7.05. The number of rotatable bonds is 5. The summed E-state index contributed by atoms with van der Waals surface area (Å²) in [6.45, 7) is 9.10. The Kier molecular flexibility index (Phi) is 6.46. The molecule has 0 rings (SSSR count). The smallest absolute Gasteiger partial charge is 0.329 e. The number of nitrogens with one attached hydrogen (secondary N) is 1. The van der Waals surface area contributed by atoms with Gasteiger partial charge in [0.2, 0.25) is 5.91 Å². The lowest BCUT2D eigenvalue weighted by Gasteiger charge is -2.26. The van der Waals surface area contributed by atoms with Crippen molar-refractivity contribution in [2.75, 3.05) is 0 Å². The van der Waals surface area contributed by atoms with Crippen LogP contribution in [0.4, 0.5) is 0 Å². The van der Waals surface area contributed by atoms with E-state index in [1.54, 1.807) is 20.8 Å². The molecule has 0 unspecified atom stereocenters. The van der Waals surface area contributed by atoms with E-state index < -0.39 is 17.6 Å². The summed E-state index contributed by atoms with van der Waals surface area (Å²) < 4.78 is 5.27. The first-order valence-electron chi connectivity index (χ1n) is 6.13. The van der Waals surface area contributed by atoms with Crippen LogP contribution < -0.4 is 5.32 Å². The molecule has 18 heavy (non-hydrogen) atoms. The normalized spacial score (nSPS) is 12.7. The Morgan fingerprint density at radius 1 is 1.33 bits per heavy atom. The molecule has 0 aromatic heterocycles. The van der Waals surface area contributed by atoms with Crippen LogP contribution in [0.25, 0.3) is 0 Å². The Morgan fingerprint density at radius 3 is 2.28 bits per heavy atom. The van der Waals surface area contributed by atoms with Gasteiger partial charge in [0.25, 0.3) is 0 Å². The molecular weight excluding hydrogens is 230 g/mol. The van der Waals surface area contributed by atoms with Crippen LogP contribution in [0.1, 0.15) is 47.5 Å². The largest absolute Gasteiger partial charge is 0.458 e. The molecule has 4 nitrogen and oxygen atoms in total. The highest BCUT2D eigenvalue weighted by molar-refractivity contribution is 5.84. The van der Waals surface area contributed by atoms with Gasteiger partial charge in [-0.3, -0.25) is 4.79 Å². The molecule has 1 atom stereocenters. The minimum absolute atomic E-state index is 0.0327. The fourth-order valence-corrected chi connectivity index (χ4v) is 1.29. The molecule has 0 fully saturated rings. The maximum atomic E-state index is 11.9. The third-order valence-corrected chi connectivity index (χ3v) is 2.14. The fourth-order valence-electron chi connectivity index (χ4n) is 1.29. The molecule has 0 aromatic carbocycles. The molecule has 0 heterocycles. The van der Waals surface area contributed by atoms with Gasteiger partial charge in [0.15, 0.2) is 0 Å². The van der Waals surface area contributed by atoms with Crippen LogP contribution >= 0.6 is 0 Å². The van der Waals surface area contributed by atoms with Crippen LogP contribution in [-0.2, 0) is 14.3 Å². The first kappa shape index (κ1) is 16.5. The second-order valence-electron chi connectivity index (χ2n) is 5.53. The predicted molar refractivity (Wildman–Crippen MR) is 70.7 cm³/mol. The molecule has 0 bridgehead atoms. The van der Waals surface area contributed by atoms with Gasteiger partial charge in [-0.2, -0.15) is 0 Å². The Bertz CT molecular complexity index is 334. The highest BCUT2D eigenvalue weighted by Gasteiger charge is 2.28. The molecule has 4 heteroatoms. The summed E-state index contributed by atoms with van der Waals surface area (Å²) in [5.41, 5.74) is -0.562. The van der Waals surface area contributed by atoms with E-state index in [1.165, 1.54) is 0 Å². The van der Waals surface area contributed by atoms with Crippen molar-refractivity contribution in [3.8, 4) is 12.3 Å². The van der Waals surface area contributed by atoms with Gasteiger partial charge in [0.05, 0.1) is 0 Å². The molecule has 0 aliphatic heterocycles. The summed E-state index contributed by atoms with van der Waals surface area (Å²) in [5, 5.41) is 2.66. The van der Waals surface area contributed by atoms with Crippen LogP contribution in [0.5, 0.6) is 0 Å². The van der Waals surface area contributed by atoms with Gasteiger partial charge in [0, 0.05) is 12.8 Å². The van der Waals surface area contributed by atoms with Crippen molar-refractivity contribution in [2.24, 2.45) is 5.92 Å². The summed E-state index contributed by atoms with van der Waals surface area (Å²) in [6, 6.07) is -0.630. The average Bonchev–Trinajstić information content (AvgIpc) is 2.19. The van der Waals surface area contributed by atoms with Crippen LogP contribution in [-0.4, -0.2) is 23.5 Å². The Labute approximate surface area is 109 Å². The van der Waals surface area contributed by atoms with Crippen molar-refractivity contribution in [3.05, 3.63) is 0 Å². The van der Waals surface area contributed by atoms with Crippen LogP contribution in [0.3, 0.4) is 0 Å². The minimum atomic E-state index is -0.630. The average molecular weight is 253 g/mol. The highest BCUT2D eigenvalue weighted by atomic mass is 16.6. The lowest BCUT2D eigenvalue weighted by atomic mass is 10.0. The van der Waals surface area contributed by atoms with Gasteiger partial charge >= 0.3 is 5.97 Å². The zero-order valence-electron chi connectivity index (χ0n) is 11.9. The SMILES string of the molecule is C#CCCC(=O)N[C@@H](C(=O)OC(C)(C)C)C(C)C. The van der Waals surface area contributed by atoms with Crippen molar-refractivity contribution in [2.45, 2.75) is 59.1 Å². The van der Waals surface area contributed by atoms with Crippen LogP contribution in [0.2, 0.25) is 0 Å². The van der Waals surface area contributed by atoms with Gasteiger partial charge in [-0.1, -0.05) is 13.8 Å². The highest BCUT2D eigenvalue weighted by Crippen LogP contribution is 2.12. The van der Waals surface area contributed by atoms with E-state index in [0.29, 0.717) is 6.42 Å². The Hall–Kier alpha value is -1.50. The standard InChI is InChI=1S/C14H23NO3/c1-7-8-9-11(16)15-12(10(2)3)13(17)18-14(4,5)6/h1,10,12H,8-9H2,2-6H3,(H,15,16)/t12-/m1/s1. The van der Waals surface area contributed by atoms with Crippen molar-refractivity contribution >= 4 is 11.9 Å². The lowest BCUT2D eigenvalue weighted by molar-refractivity contribution is -0.160. The van der Waals surface area contributed by atoms with E-state index >= 15 is 0 Å². The minimum Gasteiger partial charge on any atom is -0.458 e. The predicted octanol–water partition coefficient (Wildman–Crippen LogP) is 1.88. The second-order valence-corrected chi connectivity index (χ2v) is 5.53. The van der Waals surface area contributed by atoms with Gasteiger partial charge in [-0.25, -0.2) is 4.79 Å². The van der Waals surface area contributed by atoms with Gasteiger partial charge in [-0.05, 0) is 26.7 Å². The first-order valence-corrected chi connectivity index (χ1v) is 6.13. The molecular formula is C14H23NO3. The molecule has 0 spiro atoms. The zero-order valence-corrected chi connectivity index (χ0v) is 11.9. The van der Waals surface area contributed by atoms with Crippen molar-refractivity contribution in [1.29, 1.82) is 0 Å². The van der Waals surface area contributed by atoms with Gasteiger partial charge in [0.1, 0.15) is 11.6 Å². The summed E-state index contributed by atoms with van der Waals surface area (Å²) in [7, 11) is 0. The molecule has 0 aliphatic carbocycles. The molecule has 0 aliphatic rings. The molecule has 0 saturated heterocycles. The zero-order chi connectivity index (χ0) is 14.3. The molecule has 0 aromatic rings. The number of ether oxygens (including phenoxy) is 1. The monoisotopic (exact) mass is 253 g/mol. The van der Waals surface area contributed by atoms with Gasteiger partial charge < -0.3 is 10.1 Å². The van der Waals surface area contributed by atoms with E-state index in [4.69, 9.17) is 11.2 Å². The third kappa shape index (κ3) is 6.95. The number of carbonyl (C=O) groups is 2. The van der Waals surface area contributed by atoms with E-state index in [2.05, 4.69) is 11.2 Å². The summed E-state index contributed by atoms with van der Waals surface area (Å²) in [5.74, 6) is 1.72. The topological polar surface area (TPSA) is 55.4 Å². The maximum Gasteiger partial charge on any atom is 0.329 e. The van der Waals surface area contributed by atoms with Gasteiger partial charge in [-0.15, -0.1) is 12.3 Å². The van der Waals surface area contributed by atoms with Crippen LogP contribution in [0, 0.1) is 18.3 Å². The lowest BCUT2D eigenvalue weighted by Crippen LogP contribution is -2.47. The molecule has 1 amide bonds. The fraction of sp³-hybridized carbons (Fsp3) is 0.714.